The van der Waals surface area contributed by atoms with Gasteiger partial charge in [0.2, 0.25) is 0 Å². The van der Waals surface area contributed by atoms with Gasteiger partial charge < -0.3 is 9.32 Å². The Morgan fingerprint density at radius 2 is 0.881 bits per heavy atom. The van der Waals surface area contributed by atoms with Crippen molar-refractivity contribution in [3.8, 4) is 68.6 Å². The Morgan fingerprint density at radius 3 is 1.52 bits per heavy atom. The van der Waals surface area contributed by atoms with Crippen molar-refractivity contribution in [3.63, 3.8) is 0 Å². The molecule has 0 unspecified atom stereocenters. The quantitative estimate of drug-likeness (QED) is 0.170. The number of hydrogen-bond donors (Lipinski definition) is 0. The van der Waals surface area contributed by atoms with E-state index in [0.29, 0.717) is 39.9 Å². The first-order valence-electron chi connectivity index (χ1n) is 22.1. The maximum absolute atomic E-state index is 11.1. The van der Waals surface area contributed by atoms with Crippen molar-refractivity contribution >= 4 is 39.0 Å². The summed E-state index contributed by atoms with van der Waals surface area (Å²) in [6.45, 7) is 0. The SMILES string of the molecule is N#Cc1cc(-c2nc(-c3ccccc3)nc(-c3ccccc3)n2)cc(C#N)c1N1c2ccccc2C2(c3ccccc3-c3cc(-c4ccc5oc6ccccc6c5c4)ccc32)c2ccccc21. The fourth-order valence-corrected chi connectivity index (χ4v) is 10.5. The fraction of sp³-hybridized carbons (Fsp3) is 0.0167. The molecule has 0 radical (unpaired) electrons. The monoisotopic (exact) mass is 854 g/mol. The zero-order chi connectivity index (χ0) is 44.6. The minimum atomic E-state index is -0.717. The molecule has 1 aliphatic heterocycles. The molecule has 1 aliphatic carbocycles. The summed E-state index contributed by atoms with van der Waals surface area (Å²) < 4.78 is 6.19. The zero-order valence-electron chi connectivity index (χ0n) is 35.7. The van der Waals surface area contributed by atoms with E-state index in [0.717, 1.165) is 77.8 Å². The molecule has 3 heterocycles. The van der Waals surface area contributed by atoms with E-state index < -0.39 is 5.41 Å². The Kier molecular flexibility index (Phi) is 8.42. The molecule has 0 saturated carbocycles. The average molecular weight is 855 g/mol. The number of anilines is 3. The molecule has 2 aromatic heterocycles. The fourth-order valence-electron chi connectivity index (χ4n) is 10.5. The van der Waals surface area contributed by atoms with Gasteiger partial charge in [0, 0.05) is 27.5 Å². The lowest BCUT2D eigenvalue weighted by molar-refractivity contribution is 0.669. The molecule has 0 fully saturated rings. The number of para-hydroxylation sites is 3. The zero-order valence-corrected chi connectivity index (χ0v) is 35.7. The number of rotatable bonds is 5. The first-order valence-corrected chi connectivity index (χ1v) is 22.1. The Labute approximate surface area is 385 Å². The van der Waals surface area contributed by atoms with Gasteiger partial charge in [-0.2, -0.15) is 10.5 Å². The summed E-state index contributed by atoms with van der Waals surface area (Å²) in [6.07, 6.45) is 0. The molecular weight excluding hydrogens is 821 g/mol. The van der Waals surface area contributed by atoms with E-state index in [9.17, 15) is 10.5 Å². The third-order valence-electron chi connectivity index (χ3n) is 13.4. The lowest BCUT2D eigenvalue weighted by atomic mass is 9.64. The lowest BCUT2D eigenvalue weighted by Gasteiger charge is -2.45. The van der Waals surface area contributed by atoms with E-state index in [-0.39, 0.29) is 0 Å². The van der Waals surface area contributed by atoms with Crippen LogP contribution in [0.5, 0.6) is 0 Å². The minimum Gasteiger partial charge on any atom is -0.456 e. The molecule has 9 aromatic carbocycles. The van der Waals surface area contributed by atoms with Crippen molar-refractivity contribution in [2.24, 2.45) is 0 Å². The molecule has 1 spiro atoms. The van der Waals surface area contributed by atoms with E-state index in [2.05, 4.69) is 126 Å². The summed E-state index contributed by atoms with van der Waals surface area (Å²) in [5, 5.41) is 24.5. The van der Waals surface area contributed by atoms with Crippen molar-refractivity contribution in [3.05, 3.63) is 240 Å². The molecule has 2 aliphatic rings. The topological polar surface area (TPSA) is 103 Å². The number of aromatic nitrogens is 3. The van der Waals surface area contributed by atoms with Gasteiger partial charge in [-0.1, -0.05) is 158 Å². The number of fused-ring (bicyclic) bond motifs is 12. The number of nitrogens with zero attached hydrogens (tertiary/aromatic N) is 6. The van der Waals surface area contributed by atoms with Gasteiger partial charge >= 0.3 is 0 Å². The normalized spacial score (nSPS) is 12.8. The highest BCUT2D eigenvalue weighted by atomic mass is 16.3. The molecule has 310 valence electrons. The summed E-state index contributed by atoms with van der Waals surface area (Å²) in [5.41, 5.74) is 15.1. The minimum absolute atomic E-state index is 0.316. The highest BCUT2D eigenvalue weighted by Gasteiger charge is 2.52. The first-order chi connectivity index (χ1) is 33.1. The van der Waals surface area contributed by atoms with Gasteiger partial charge in [-0.15, -0.1) is 0 Å². The molecule has 0 bridgehead atoms. The van der Waals surface area contributed by atoms with Crippen molar-refractivity contribution in [1.82, 2.24) is 15.0 Å². The van der Waals surface area contributed by atoms with Crippen LogP contribution in [0.3, 0.4) is 0 Å². The van der Waals surface area contributed by atoms with Gasteiger partial charge in [-0.25, -0.2) is 15.0 Å². The Morgan fingerprint density at radius 1 is 0.388 bits per heavy atom. The van der Waals surface area contributed by atoms with E-state index in [1.54, 1.807) is 12.1 Å². The van der Waals surface area contributed by atoms with Crippen LogP contribution < -0.4 is 4.90 Å². The predicted molar refractivity (Wildman–Crippen MR) is 264 cm³/mol. The second-order valence-corrected chi connectivity index (χ2v) is 16.9. The van der Waals surface area contributed by atoms with Gasteiger partial charge in [0.05, 0.1) is 33.6 Å². The highest BCUT2D eigenvalue weighted by molar-refractivity contribution is 6.06. The van der Waals surface area contributed by atoms with Crippen LogP contribution in [-0.2, 0) is 5.41 Å². The maximum atomic E-state index is 11.1. The first kappa shape index (κ1) is 38.1. The highest BCUT2D eigenvalue weighted by Crippen LogP contribution is 2.64. The Bertz CT molecular complexity index is 3780. The van der Waals surface area contributed by atoms with Crippen LogP contribution in [0.15, 0.2) is 211 Å². The third kappa shape index (κ3) is 5.66. The average Bonchev–Trinajstić information content (AvgIpc) is 3.92. The maximum Gasteiger partial charge on any atom is 0.164 e. The smallest absolute Gasteiger partial charge is 0.164 e. The molecule has 0 amide bonds. The van der Waals surface area contributed by atoms with Crippen LogP contribution in [0.25, 0.3) is 78.4 Å². The second kappa shape index (κ2) is 14.8. The van der Waals surface area contributed by atoms with Crippen LogP contribution in [0.4, 0.5) is 17.1 Å². The second-order valence-electron chi connectivity index (χ2n) is 16.9. The van der Waals surface area contributed by atoms with Crippen molar-refractivity contribution in [2.75, 3.05) is 4.90 Å². The number of benzene rings is 9. The van der Waals surface area contributed by atoms with E-state index in [1.165, 1.54) is 11.1 Å². The van der Waals surface area contributed by atoms with Crippen molar-refractivity contribution < 1.29 is 4.42 Å². The molecular formula is C60H34N6O. The third-order valence-corrected chi connectivity index (χ3v) is 13.4. The molecule has 7 heteroatoms. The van der Waals surface area contributed by atoms with Gasteiger partial charge in [-0.3, -0.25) is 0 Å². The largest absolute Gasteiger partial charge is 0.456 e. The number of furan rings is 1. The number of nitriles is 2. The van der Waals surface area contributed by atoms with Crippen molar-refractivity contribution in [2.45, 2.75) is 5.41 Å². The van der Waals surface area contributed by atoms with Crippen LogP contribution >= 0.6 is 0 Å². The summed E-state index contributed by atoms with van der Waals surface area (Å²) in [4.78, 5) is 16.9. The van der Waals surface area contributed by atoms with E-state index in [4.69, 9.17) is 19.4 Å². The predicted octanol–water partition coefficient (Wildman–Crippen LogP) is 14.3. The van der Waals surface area contributed by atoms with Crippen LogP contribution in [0, 0.1) is 22.7 Å². The van der Waals surface area contributed by atoms with Gasteiger partial charge in [-0.05, 0) is 93.0 Å². The molecule has 0 saturated heterocycles. The molecule has 13 rings (SSSR count). The Hall–Kier alpha value is -9.43. The summed E-state index contributed by atoms with van der Waals surface area (Å²) in [6, 6.07) is 75.1. The van der Waals surface area contributed by atoms with Crippen molar-refractivity contribution in [1.29, 1.82) is 10.5 Å². The van der Waals surface area contributed by atoms with Gasteiger partial charge in [0.25, 0.3) is 0 Å². The standard InChI is InChI=1S/C60H34N6O/c61-35-42-31-41(59-64-57(37-15-3-1-4-16-37)63-58(65-59)38-17-5-2-6-18-38)32-43(36-62)56(42)66-52-24-12-10-22-50(52)60(51-23-11-13-25-53(51)66)48-21-9-7-19-44(48)46-33-39(27-29-49(46)60)40-28-30-55-47(34-40)45-20-8-14-26-54(45)67-55/h1-34H. The van der Waals surface area contributed by atoms with Crippen LogP contribution in [0.2, 0.25) is 0 Å². The number of hydrogen-bond acceptors (Lipinski definition) is 7. The van der Waals surface area contributed by atoms with Crippen LogP contribution in [-0.4, -0.2) is 15.0 Å². The molecule has 67 heavy (non-hydrogen) atoms. The van der Waals surface area contributed by atoms with E-state index in [1.807, 2.05) is 84.9 Å². The van der Waals surface area contributed by atoms with E-state index >= 15 is 0 Å². The molecule has 11 aromatic rings. The summed E-state index contributed by atoms with van der Waals surface area (Å²) in [5.74, 6) is 1.35. The molecule has 7 nitrogen and oxygen atoms in total. The molecule has 0 atom stereocenters. The van der Waals surface area contributed by atoms with Gasteiger partial charge in [0.15, 0.2) is 17.5 Å². The lowest BCUT2D eigenvalue weighted by Crippen LogP contribution is -2.36. The van der Waals surface area contributed by atoms with Gasteiger partial charge in [0.1, 0.15) is 23.3 Å². The summed E-state index contributed by atoms with van der Waals surface area (Å²) in [7, 11) is 0. The molecule has 0 N–H and O–H groups in total. The Balaban J connectivity index is 0.997. The summed E-state index contributed by atoms with van der Waals surface area (Å²) >= 11 is 0. The van der Waals surface area contributed by atoms with Crippen LogP contribution in [0.1, 0.15) is 33.4 Å².